The van der Waals surface area contributed by atoms with Gasteiger partial charge in [-0.05, 0) is 36.1 Å². The molecule has 1 aliphatic rings. The summed E-state index contributed by atoms with van der Waals surface area (Å²) in [6.07, 6.45) is 3.47. The number of benzene rings is 1. The Labute approximate surface area is 115 Å². The van der Waals surface area contributed by atoms with Crippen LogP contribution in [0.25, 0.3) is 6.08 Å². The van der Waals surface area contributed by atoms with Crippen molar-refractivity contribution >= 4 is 35.3 Å². The molecule has 0 spiro atoms. The first-order valence-corrected chi connectivity index (χ1v) is 6.82. The molecule has 0 saturated carbocycles. The maximum Gasteiger partial charge on any atom is 0.295 e. The third kappa shape index (κ3) is 2.22. The van der Waals surface area contributed by atoms with Gasteiger partial charge in [0.1, 0.15) is 12.0 Å². The monoisotopic (exact) mass is 268 g/mol. The van der Waals surface area contributed by atoms with E-state index in [9.17, 15) is 4.79 Å². The second kappa shape index (κ2) is 4.82. The van der Waals surface area contributed by atoms with E-state index in [4.69, 9.17) is 0 Å². The Bertz CT molecular complexity index is 671. The van der Waals surface area contributed by atoms with E-state index in [-0.39, 0.29) is 5.91 Å². The van der Waals surface area contributed by atoms with Crippen molar-refractivity contribution in [1.29, 1.82) is 0 Å². The molecule has 0 atom stereocenters. The summed E-state index contributed by atoms with van der Waals surface area (Å²) in [5.74, 6) is -0.198. The quantitative estimate of drug-likeness (QED) is 0.781. The van der Waals surface area contributed by atoms with Crippen molar-refractivity contribution in [2.24, 2.45) is 4.99 Å². The minimum Gasteiger partial charge on any atom is -0.295 e. The largest absolute Gasteiger partial charge is 0.295 e. The molecule has 0 radical (unpaired) electrons. The number of carbonyl (C=O) groups excluding carboxylic acids is 1. The first-order chi connectivity index (χ1) is 9.25. The van der Waals surface area contributed by atoms with Crippen molar-refractivity contribution in [2.45, 2.75) is 6.92 Å². The fourth-order valence-corrected chi connectivity index (χ4v) is 2.66. The lowest BCUT2D eigenvalue weighted by molar-refractivity contribution is -0.113. The molecule has 94 valence electrons. The van der Waals surface area contributed by atoms with Gasteiger partial charge in [-0.3, -0.25) is 9.69 Å². The van der Waals surface area contributed by atoms with E-state index < -0.39 is 0 Å². The third-order valence-corrected chi connectivity index (χ3v) is 3.79. The van der Waals surface area contributed by atoms with E-state index in [1.165, 1.54) is 0 Å². The number of aryl methyl sites for hydroxylation is 1. The second-order valence-electron chi connectivity index (χ2n) is 4.25. The predicted molar refractivity (Wildman–Crippen MR) is 79.5 cm³/mol. The highest BCUT2D eigenvalue weighted by Crippen LogP contribution is 2.27. The van der Waals surface area contributed by atoms with Gasteiger partial charge in [0, 0.05) is 4.88 Å². The van der Waals surface area contributed by atoms with Crippen molar-refractivity contribution in [3.63, 3.8) is 0 Å². The van der Waals surface area contributed by atoms with E-state index in [0.29, 0.717) is 5.70 Å². The maximum atomic E-state index is 11.9. The van der Waals surface area contributed by atoms with E-state index in [2.05, 4.69) is 4.99 Å². The Balaban J connectivity index is 2.04. The second-order valence-corrected chi connectivity index (χ2v) is 5.23. The number of para-hydroxylation sites is 1. The van der Waals surface area contributed by atoms with Crippen LogP contribution in [0.4, 0.5) is 5.69 Å². The molecule has 19 heavy (non-hydrogen) atoms. The zero-order valence-corrected chi connectivity index (χ0v) is 11.2. The van der Waals surface area contributed by atoms with Crippen molar-refractivity contribution < 1.29 is 4.79 Å². The average molecular weight is 268 g/mol. The highest BCUT2D eigenvalue weighted by atomic mass is 32.1. The molecule has 2 aromatic rings. The van der Waals surface area contributed by atoms with E-state index in [1.807, 2.05) is 59.7 Å². The van der Waals surface area contributed by atoms with Gasteiger partial charge in [0.25, 0.3) is 5.91 Å². The van der Waals surface area contributed by atoms with Crippen LogP contribution in [0, 0.1) is 6.92 Å². The lowest BCUT2D eigenvalue weighted by Gasteiger charge is -2.17. The molecule has 0 unspecified atom stereocenters. The molecule has 3 nitrogen and oxygen atoms in total. The summed E-state index contributed by atoms with van der Waals surface area (Å²) in [7, 11) is 0. The molecule has 3 rings (SSSR count). The molecule has 1 amide bonds. The average Bonchev–Trinajstić information content (AvgIpc) is 3.03. The number of carbonyl (C=O) groups is 1. The summed E-state index contributed by atoms with van der Waals surface area (Å²) in [6, 6.07) is 11.9. The van der Waals surface area contributed by atoms with Gasteiger partial charge in [-0.25, -0.2) is 0 Å². The highest BCUT2D eigenvalue weighted by molar-refractivity contribution is 7.10. The van der Waals surface area contributed by atoms with Gasteiger partial charge in [0.05, 0.1) is 5.69 Å². The summed E-state index contributed by atoms with van der Waals surface area (Å²) < 4.78 is 0. The number of aliphatic imine (C=N–C) groups is 1. The van der Waals surface area contributed by atoms with Crippen molar-refractivity contribution in [3.05, 3.63) is 57.9 Å². The maximum absolute atomic E-state index is 11.9. The van der Waals surface area contributed by atoms with Crippen LogP contribution in [0.1, 0.15) is 10.4 Å². The number of hydrogen-bond acceptors (Lipinski definition) is 3. The number of rotatable bonds is 2. The summed E-state index contributed by atoms with van der Waals surface area (Å²) >= 11 is 1.60. The number of thiophene rings is 1. The van der Waals surface area contributed by atoms with Gasteiger partial charge in [-0.1, -0.05) is 24.3 Å². The third-order valence-electron chi connectivity index (χ3n) is 2.97. The van der Waals surface area contributed by atoms with Crippen LogP contribution < -0.4 is 4.90 Å². The number of nitrogens with zero attached hydrogens (tertiary/aromatic N) is 2. The summed E-state index contributed by atoms with van der Waals surface area (Å²) in [5.41, 5.74) is 2.69. The Morgan fingerprint density at radius 3 is 2.79 bits per heavy atom. The number of anilines is 1. The van der Waals surface area contributed by atoms with Crippen LogP contribution in [0.2, 0.25) is 0 Å². The molecule has 2 heterocycles. The van der Waals surface area contributed by atoms with Gasteiger partial charge in [0.15, 0.2) is 0 Å². The van der Waals surface area contributed by atoms with E-state index in [1.54, 1.807) is 17.7 Å². The van der Waals surface area contributed by atoms with Gasteiger partial charge < -0.3 is 0 Å². The molecule has 0 N–H and O–H groups in total. The lowest BCUT2D eigenvalue weighted by atomic mass is 10.1. The predicted octanol–water partition coefficient (Wildman–Crippen LogP) is 3.47. The van der Waals surface area contributed by atoms with Crippen molar-refractivity contribution in [2.75, 3.05) is 4.90 Å². The van der Waals surface area contributed by atoms with Crippen LogP contribution in [0.5, 0.6) is 0 Å². The van der Waals surface area contributed by atoms with Gasteiger partial charge in [-0.2, -0.15) is 4.99 Å². The van der Waals surface area contributed by atoms with Crippen molar-refractivity contribution in [3.8, 4) is 0 Å². The smallest absolute Gasteiger partial charge is 0.295 e. The van der Waals surface area contributed by atoms with Crippen molar-refractivity contribution in [1.82, 2.24) is 0 Å². The minimum atomic E-state index is -0.198. The van der Waals surface area contributed by atoms with Crippen LogP contribution >= 0.6 is 11.3 Å². The van der Waals surface area contributed by atoms with Crippen LogP contribution in [-0.2, 0) is 4.79 Å². The minimum absolute atomic E-state index is 0.198. The molecule has 1 aromatic carbocycles. The summed E-state index contributed by atoms with van der Waals surface area (Å²) in [6.45, 7) is 2.02. The van der Waals surface area contributed by atoms with Crippen LogP contribution in [0.3, 0.4) is 0 Å². The Hall–Kier alpha value is -2.20. The molecule has 1 aromatic heterocycles. The van der Waals surface area contributed by atoms with Gasteiger partial charge in [-0.15, -0.1) is 11.3 Å². The molecular weight excluding hydrogens is 256 g/mol. The summed E-state index contributed by atoms with van der Waals surface area (Å²) in [5, 5.41) is 1.99. The first kappa shape index (κ1) is 11.9. The molecule has 0 fully saturated rings. The zero-order chi connectivity index (χ0) is 13.2. The molecule has 4 heteroatoms. The molecular formula is C15H12N2OS. The SMILES string of the molecule is Cc1ccccc1N1C=NC(=O)C1=Cc1cccs1. The number of hydrogen-bond donors (Lipinski definition) is 0. The number of amides is 1. The molecule has 0 bridgehead atoms. The fraction of sp³-hybridized carbons (Fsp3) is 0.0667. The van der Waals surface area contributed by atoms with Crippen LogP contribution in [0.15, 0.2) is 52.5 Å². The first-order valence-electron chi connectivity index (χ1n) is 5.94. The topological polar surface area (TPSA) is 32.7 Å². The van der Waals surface area contributed by atoms with E-state index in [0.717, 1.165) is 16.1 Å². The Kier molecular flexibility index (Phi) is 3.01. The molecule has 1 aliphatic heterocycles. The molecule has 0 aliphatic carbocycles. The Morgan fingerprint density at radius 1 is 1.21 bits per heavy atom. The van der Waals surface area contributed by atoms with E-state index >= 15 is 0 Å². The van der Waals surface area contributed by atoms with Crippen LogP contribution in [-0.4, -0.2) is 12.2 Å². The van der Waals surface area contributed by atoms with Gasteiger partial charge in [0.2, 0.25) is 0 Å². The molecule has 0 saturated heterocycles. The lowest BCUT2D eigenvalue weighted by Crippen LogP contribution is -2.18. The Morgan fingerprint density at radius 2 is 2.05 bits per heavy atom. The fourth-order valence-electron chi connectivity index (χ4n) is 2.01. The normalized spacial score (nSPS) is 16.6. The van der Waals surface area contributed by atoms with Gasteiger partial charge >= 0.3 is 0 Å². The highest BCUT2D eigenvalue weighted by Gasteiger charge is 2.24. The summed E-state index contributed by atoms with van der Waals surface area (Å²) in [4.78, 5) is 18.7. The standard InChI is InChI=1S/C15H12N2OS/c1-11-5-2-3-7-13(11)17-10-16-15(18)14(17)9-12-6-4-8-19-12/h2-10H,1H3. The zero-order valence-electron chi connectivity index (χ0n) is 10.4.